The third-order valence-corrected chi connectivity index (χ3v) is 3.88. The van der Waals surface area contributed by atoms with Crippen molar-refractivity contribution in [1.29, 1.82) is 0 Å². The smallest absolute Gasteiger partial charge is 0.177 e. The van der Waals surface area contributed by atoms with Gasteiger partial charge in [-0.05, 0) is 11.1 Å². The van der Waals surface area contributed by atoms with Crippen molar-refractivity contribution in [1.82, 2.24) is 19.5 Å². The van der Waals surface area contributed by atoms with Crippen molar-refractivity contribution >= 4 is 11.2 Å². The molecule has 2 aromatic heterocycles. The highest BCUT2D eigenvalue weighted by Crippen LogP contribution is 2.08. The fraction of sp³-hybridized carbons (Fsp3) is 0.105. The number of nitrogens with zero attached hydrogens (tertiary/aromatic N) is 4. The molecule has 0 atom stereocenters. The second kappa shape index (κ2) is 6.50. The van der Waals surface area contributed by atoms with Crippen LogP contribution in [0.4, 0.5) is 0 Å². The highest BCUT2D eigenvalue weighted by atomic mass is 15.1. The summed E-state index contributed by atoms with van der Waals surface area (Å²) in [6.07, 6.45) is 3.50. The summed E-state index contributed by atoms with van der Waals surface area (Å²) in [5.41, 5.74) is 4.79. The van der Waals surface area contributed by atoms with E-state index in [0.29, 0.717) is 12.0 Å². The Kier molecular flexibility index (Phi) is 3.90. The maximum Gasteiger partial charge on any atom is 0.177 e. The minimum absolute atomic E-state index is 0.602. The normalized spacial score (nSPS) is 11.9. The molecule has 4 aromatic rings. The number of benzene rings is 2. The number of hydrogen-bond acceptors (Lipinski definition) is 3. The molecule has 4 rings (SSSR count). The van der Waals surface area contributed by atoms with Gasteiger partial charge < -0.3 is 9.55 Å². The van der Waals surface area contributed by atoms with Crippen LogP contribution in [0, 0.1) is 0 Å². The van der Waals surface area contributed by atoms with Crippen molar-refractivity contribution in [3.8, 4) is 0 Å². The van der Waals surface area contributed by atoms with Crippen molar-refractivity contribution in [3.05, 3.63) is 89.9 Å². The first kappa shape index (κ1) is 14.4. The zero-order valence-corrected chi connectivity index (χ0v) is 13.1. The predicted molar refractivity (Wildman–Crippen MR) is 93.1 cm³/mol. The van der Waals surface area contributed by atoms with Crippen LogP contribution in [0.15, 0.2) is 78.3 Å². The summed E-state index contributed by atoms with van der Waals surface area (Å²) < 4.78 is 2.03. The first-order valence-electron chi connectivity index (χ1n) is 7.87. The van der Waals surface area contributed by atoms with Crippen LogP contribution in [0.2, 0.25) is 0 Å². The van der Waals surface area contributed by atoms with E-state index in [1.807, 2.05) is 41.0 Å². The number of hydrogen-bond donors (Lipinski definition) is 1. The lowest BCUT2D eigenvalue weighted by atomic mass is 10.2. The zero-order valence-electron chi connectivity index (χ0n) is 13.1. The molecule has 5 nitrogen and oxygen atoms in total. The molecule has 2 aromatic carbocycles. The van der Waals surface area contributed by atoms with Crippen molar-refractivity contribution in [3.63, 3.8) is 0 Å². The largest absolute Gasteiger partial charge is 0.340 e. The molecule has 0 bridgehead atoms. The standard InChI is InChI=1S/C19H17N5/c1-3-7-15(8-4-1)11-20-18-17-19(22-13-21-17)24(14-23-18)12-16-9-5-2-6-10-16/h1-10,13-14H,11-12H2,(H,21,22). The highest BCUT2D eigenvalue weighted by Gasteiger charge is 2.05. The molecule has 0 saturated heterocycles. The van der Waals surface area contributed by atoms with Gasteiger partial charge in [0, 0.05) is 0 Å². The summed E-state index contributed by atoms with van der Waals surface area (Å²) in [5.74, 6) is 0. The van der Waals surface area contributed by atoms with E-state index in [2.05, 4.69) is 44.2 Å². The molecule has 24 heavy (non-hydrogen) atoms. The molecule has 0 fully saturated rings. The first-order chi connectivity index (χ1) is 11.9. The average molecular weight is 315 g/mol. The molecule has 0 unspecified atom stereocenters. The summed E-state index contributed by atoms with van der Waals surface area (Å²) in [5, 5.41) is 0. The predicted octanol–water partition coefficient (Wildman–Crippen LogP) is 2.91. The van der Waals surface area contributed by atoms with E-state index < -0.39 is 0 Å². The fourth-order valence-corrected chi connectivity index (χ4v) is 2.68. The van der Waals surface area contributed by atoms with E-state index in [0.717, 1.165) is 23.3 Å². The van der Waals surface area contributed by atoms with Crippen molar-refractivity contribution in [2.45, 2.75) is 13.1 Å². The second-order valence-corrected chi connectivity index (χ2v) is 5.58. The third kappa shape index (κ3) is 2.96. The quantitative estimate of drug-likeness (QED) is 0.629. The van der Waals surface area contributed by atoms with Gasteiger partial charge in [0.2, 0.25) is 0 Å². The number of nitrogens with one attached hydrogen (secondary N) is 1. The van der Waals surface area contributed by atoms with Crippen LogP contribution >= 0.6 is 0 Å². The Morgan fingerprint density at radius 1 is 0.875 bits per heavy atom. The van der Waals surface area contributed by atoms with E-state index in [9.17, 15) is 0 Å². The van der Waals surface area contributed by atoms with E-state index in [1.54, 1.807) is 12.7 Å². The number of H-pyrrole nitrogens is 1. The maximum absolute atomic E-state index is 4.63. The second-order valence-electron chi connectivity index (χ2n) is 5.58. The van der Waals surface area contributed by atoms with Crippen molar-refractivity contribution in [2.24, 2.45) is 4.99 Å². The molecular weight excluding hydrogens is 298 g/mol. The number of imidazole rings is 1. The van der Waals surface area contributed by atoms with Gasteiger partial charge in [0.15, 0.2) is 11.1 Å². The topological polar surface area (TPSA) is 58.9 Å². The molecule has 1 N–H and O–H groups in total. The lowest BCUT2D eigenvalue weighted by molar-refractivity contribution is 0.782. The molecule has 0 saturated carbocycles. The summed E-state index contributed by atoms with van der Waals surface area (Å²) >= 11 is 0. The Labute approximate surface area is 139 Å². The van der Waals surface area contributed by atoms with Gasteiger partial charge in [-0.2, -0.15) is 0 Å². The molecule has 0 aliphatic carbocycles. The summed E-state index contributed by atoms with van der Waals surface area (Å²) in [7, 11) is 0. The summed E-state index contributed by atoms with van der Waals surface area (Å²) in [4.78, 5) is 16.7. The Morgan fingerprint density at radius 3 is 2.33 bits per heavy atom. The number of fused-ring (bicyclic) bond motifs is 1. The van der Waals surface area contributed by atoms with Gasteiger partial charge in [-0.3, -0.25) is 4.99 Å². The zero-order chi connectivity index (χ0) is 16.2. The van der Waals surface area contributed by atoms with Crippen LogP contribution in [0.25, 0.3) is 11.2 Å². The van der Waals surface area contributed by atoms with Crippen molar-refractivity contribution in [2.75, 3.05) is 0 Å². The summed E-state index contributed by atoms with van der Waals surface area (Å²) in [6, 6.07) is 20.4. The molecule has 0 aliphatic rings. The Balaban J connectivity index is 1.70. The van der Waals surface area contributed by atoms with Gasteiger partial charge in [0.25, 0.3) is 0 Å². The lowest BCUT2D eigenvalue weighted by Crippen LogP contribution is -2.15. The van der Waals surface area contributed by atoms with Gasteiger partial charge in [-0.15, -0.1) is 0 Å². The Morgan fingerprint density at radius 2 is 1.58 bits per heavy atom. The van der Waals surface area contributed by atoms with Gasteiger partial charge >= 0.3 is 0 Å². The summed E-state index contributed by atoms with van der Waals surface area (Å²) in [6.45, 7) is 1.33. The van der Waals surface area contributed by atoms with Crippen LogP contribution < -0.4 is 5.49 Å². The maximum atomic E-state index is 4.63. The number of rotatable bonds is 4. The van der Waals surface area contributed by atoms with E-state index in [4.69, 9.17) is 0 Å². The van der Waals surface area contributed by atoms with Crippen LogP contribution in [0.1, 0.15) is 11.1 Å². The highest BCUT2D eigenvalue weighted by molar-refractivity contribution is 5.68. The van der Waals surface area contributed by atoms with Gasteiger partial charge in [0.05, 0.1) is 25.7 Å². The van der Waals surface area contributed by atoms with E-state index >= 15 is 0 Å². The molecule has 2 heterocycles. The third-order valence-electron chi connectivity index (χ3n) is 3.88. The molecule has 0 amide bonds. The molecule has 0 aliphatic heterocycles. The van der Waals surface area contributed by atoms with E-state index in [1.165, 1.54) is 5.56 Å². The molecule has 0 spiro atoms. The van der Waals surface area contributed by atoms with E-state index in [-0.39, 0.29) is 0 Å². The molecule has 0 radical (unpaired) electrons. The first-order valence-corrected chi connectivity index (χ1v) is 7.87. The minimum atomic E-state index is 0.602. The Bertz CT molecular complexity index is 1000. The number of aromatic amines is 1. The minimum Gasteiger partial charge on any atom is -0.340 e. The Hall–Kier alpha value is -3.21. The fourth-order valence-electron chi connectivity index (χ4n) is 2.68. The van der Waals surface area contributed by atoms with Gasteiger partial charge in [-0.1, -0.05) is 60.7 Å². The SMILES string of the molecule is c1ccc(CN=c2ncn(Cc3ccccc3)c3nc[nH]c23)cc1. The van der Waals surface area contributed by atoms with Crippen molar-refractivity contribution < 1.29 is 0 Å². The average Bonchev–Trinajstić information content (AvgIpc) is 3.13. The van der Waals surface area contributed by atoms with Crippen LogP contribution in [-0.4, -0.2) is 19.5 Å². The molecule has 118 valence electrons. The van der Waals surface area contributed by atoms with Gasteiger partial charge in [-0.25, -0.2) is 9.97 Å². The monoisotopic (exact) mass is 315 g/mol. The molecular formula is C19H17N5. The lowest BCUT2D eigenvalue weighted by Gasteiger charge is -2.07. The van der Waals surface area contributed by atoms with Gasteiger partial charge in [0.1, 0.15) is 5.52 Å². The molecule has 5 heteroatoms. The van der Waals surface area contributed by atoms with Crippen LogP contribution in [0.5, 0.6) is 0 Å². The van der Waals surface area contributed by atoms with Crippen LogP contribution in [-0.2, 0) is 13.1 Å². The number of aromatic nitrogens is 4. The van der Waals surface area contributed by atoms with Crippen LogP contribution in [0.3, 0.4) is 0 Å².